The van der Waals surface area contributed by atoms with Gasteiger partial charge in [0.15, 0.2) is 11.6 Å². The maximum absolute atomic E-state index is 13.7. The van der Waals surface area contributed by atoms with E-state index in [1.807, 2.05) is 6.07 Å². The molecule has 2 nitrogen and oxygen atoms in total. The molecule has 4 heteroatoms. The van der Waals surface area contributed by atoms with Crippen LogP contribution >= 0.6 is 11.8 Å². The first kappa shape index (κ1) is 13.7. The highest BCUT2D eigenvalue weighted by molar-refractivity contribution is 7.99. The number of ether oxygens (including phenoxy) is 1. The number of thioether (sulfide) groups is 1. The molecule has 1 fully saturated rings. The molecule has 18 heavy (non-hydrogen) atoms. The van der Waals surface area contributed by atoms with Gasteiger partial charge in [-0.15, -0.1) is 0 Å². The summed E-state index contributed by atoms with van der Waals surface area (Å²) in [5.41, 5.74) is 0.920. The van der Waals surface area contributed by atoms with E-state index in [2.05, 4.69) is 12.2 Å². The van der Waals surface area contributed by atoms with Crippen LogP contribution in [0.3, 0.4) is 0 Å². The topological polar surface area (TPSA) is 21.3 Å². The fourth-order valence-electron chi connectivity index (χ4n) is 1.74. The fraction of sp³-hybridized carbons (Fsp3) is 0.571. The Morgan fingerprint density at radius 1 is 1.44 bits per heavy atom. The van der Waals surface area contributed by atoms with Crippen molar-refractivity contribution in [1.29, 1.82) is 0 Å². The molecule has 1 aromatic rings. The Morgan fingerprint density at radius 2 is 2.28 bits per heavy atom. The monoisotopic (exact) mass is 269 g/mol. The minimum absolute atomic E-state index is 0.258. The van der Waals surface area contributed by atoms with E-state index >= 15 is 0 Å². The van der Waals surface area contributed by atoms with Crippen LogP contribution in [0.15, 0.2) is 18.2 Å². The van der Waals surface area contributed by atoms with E-state index in [0.717, 1.165) is 17.1 Å². The van der Waals surface area contributed by atoms with Gasteiger partial charge in [-0.25, -0.2) is 4.39 Å². The molecule has 0 spiro atoms. The maximum Gasteiger partial charge on any atom is 0.165 e. The normalized spacial score (nSPS) is 14.8. The van der Waals surface area contributed by atoms with E-state index in [9.17, 15) is 4.39 Å². The molecule has 1 aliphatic carbocycles. The Morgan fingerprint density at radius 3 is 3.00 bits per heavy atom. The van der Waals surface area contributed by atoms with Crippen molar-refractivity contribution in [3.05, 3.63) is 29.6 Å². The van der Waals surface area contributed by atoms with E-state index < -0.39 is 0 Å². The molecule has 0 heterocycles. The predicted molar refractivity (Wildman–Crippen MR) is 74.8 cm³/mol. The van der Waals surface area contributed by atoms with Crippen LogP contribution in [0.4, 0.5) is 4.39 Å². The zero-order valence-electron chi connectivity index (χ0n) is 10.7. The summed E-state index contributed by atoms with van der Waals surface area (Å²) in [4.78, 5) is 0. The first-order valence-electron chi connectivity index (χ1n) is 6.52. The Balaban J connectivity index is 1.91. The fourth-order valence-corrected chi connectivity index (χ4v) is 2.23. The molecule has 0 saturated heterocycles. The Labute approximate surface area is 112 Å². The average molecular weight is 269 g/mol. The first-order valence-corrected chi connectivity index (χ1v) is 7.68. The minimum Gasteiger partial charge on any atom is -0.489 e. The van der Waals surface area contributed by atoms with Gasteiger partial charge >= 0.3 is 0 Å². The SMILES string of the molecule is CCSCCOc1c(F)cccc1CNC1CC1. The summed E-state index contributed by atoms with van der Waals surface area (Å²) in [7, 11) is 0. The van der Waals surface area contributed by atoms with E-state index in [1.165, 1.54) is 18.9 Å². The van der Waals surface area contributed by atoms with Gasteiger partial charge in [0, 0.05) is 23.9 Å². The zero-order valence-corrected chi connectivity index (χ0v) is 11.6. The minimum atomic E-state index is -0.258. The Kier molecular flexibility index (Phi) is 5.32. The number of para-hydroxylation sites is 1. The Hall–Kier alpha value is -0.740. The summed E-state index contributed by atoms with van der Waals surface area (Å²) >= 11 is 1.80. The van der Waals surface area contributed by atoms with Crippen molar-refractivity contribution < 1.29 is 9.13 Å². The van der Waals surface area contributed by atoms with Crippen LogP contribution in [0.25, 0.3) is 0 Å². The lowest BCUT2D eigenvalue weighted by molar-refractivity contribution is 0.320. The van der Waals surface area contributed by atoms with Gasteiger partial charge in [-0.1, -0.05) is 19.1 Å². The third-order valence-corrected chi connectivity index (χ3v) is 3.75. The lowest BCUT2D eigenvalue weighted by atomic mass is 10.2. The number of benzene rings is 1. The molecule has 1 aliphatic rings. The molecule has 0 aromatic heterocycles. The molecule has 100 valence electrons. The van der Waals surface area contributed by atoms with Crippen LogP contribution in [0.1, 0.15) is 25.3 Å². The maximum atomic E-state index is 13.7. The van der Waals surface area contributed by atoms with Gasteiger partial charge in [0.25, 0.3) is 0 Å². The van der Waals surface area contributed by atoms with Crippen LogP contribution in [-0.2, 0) is 6.54 Å². The number of nitrogens with one attached hydrogen (secondary N) is 1. The summed E-state index contributed by atoms with van der Waals surface area (Å²) in [6.07, 6.45) is 2.47. The molecule has 0 amide bonds. The van der Waals surface area contributed by atoms with Gasteiger partial charge in [0.2, 0.25) is 0 Å². The summed E-state index contributed by atoms with van der Waals surface area (Å²) in [6, 6.07) is 5.76. The molecule has 0 radical (unpaired) electrons. The highest BCUT2D eigenvalue weighted by atomic mass is 32.2. The second-order valence-corrected chi connectivity index (χ2v) is 5.82. The number of halogens is 1. The van der Waals surface area contributed by atoms with Crippen molar-refractivity contribution in [2.45, 2.75) is 32.4 Å². The van der Waals surface area contributed by atoms with Gasteiger partial charge in [-0.2, -0.15) is 11.8 Å². The van der Waals surface area contributed by atoms with Crippen molar-refractivity contribution in [1.82, 2.24) is 5.32 Å². The Bertz CT molecular complexity index is 382. The number of hydrogen-bond donors (Lipinski definition) is 1. The van der Waals surface area contributed by atoms with Crippen LogP contribution in [0.5, 0.6) is 5.75 Å². The van der Waals surface area contributed by atoms with E-state index in [0.29, 0.717) is 24.9 Å². The second kappa shape index (κ2) is 7.00. The number of rotatable bonds is 8. The summed E-state index contributed by atoms with van der Waals surface area (Å²) in [5.74, 6) is 2.13. The molecule has 2 rings (SSSR count). The molecular formula is C14H20FNOS. The van der Waals surface area contributed by atoms with Gasteiger partial charge < -0.3 is 10.1 Å². The predicted octanol–water partition coefficient (Wildman–Crippen LogP) is 3.21. The molecule has 1 aromatic carbocycles. The van der Waals surface area contributed by atoms with Crippen molar-refractivity contribution >= 4 is 11.8 Å². The molecule has 1 saturated carbocycles. The molecule has 0 aliphatic heterocycles. The van der Waals surface area contributed by atoms with Gasteiger partial charge in [-0.05, 0) is 24.7 Å². The van der Waals surface area contributed by atoms with Crippen molar-refractivity contribution in [2.75, 3.05) is 18.1 Å². The quantitative estimate of drug-likeness (QED) is 0.732. The standard InChI is InChI=1S/C14H20FNOS/c1-2-18-9-8-17-14-11(4-3-5-13(14)15)10-16-12-6-7-12/h3-5,12,16H,2,6-10H2,1H3. The van der Waals surface area contributed by atoms with Gasteiger partial charge in [0.05, 0.1) is 6.61 Å². The molecular weight excluding hydrogens is 249 g/mol. The van der Waals surface area contributed by atoms with E-state index in [1.54, 1.807) is 17.8 Å². The first-order chi connectivity index (χ1) is 8.81. The molecule has 0 bridgehead atoms. The van der Waals surface area contributed by atoms with Crippen LogP contribution in [0, 0.1) is 5.82 Å². The summed E-state index contributed by atoms with van der Waals surface area (Å²) in [5, 5.41) is 3.39. The smallest absolute Gasteiger partial charge is 0.165 e. The van der Waals surface area contributed by atoms with Gasteiger partial charge in [0.1, 0.15) is 0 Å². The third kappa shape index (κ3) is 4.18. The van der Waals surface area contributed by atoms with Crippen molar-refractivity contribution in [2.24, 2.45) is 0 Å². The molecule has 0 atom stereocenters. The van der Waals surface area contributed by atoms with E-state index in [-0.39, 0.29) is 5.82 Å². The van der Waals surface area contributed by atoms with Crippen molar-refractivity contribution in [3.63, 3.8) is 0 Å². The lowest BCUT2D eigenvalue weighted by Crippen LogP contribution is -2.16. The van der Waals surface area contributed by atoms with Gasteiger partial charge in [-0.3, -0.25) is 0 Å². The highest BCUT2D eigenvalue weighted by Gasteiger charge is 2.21. The molecule has 0 unspecified atom stereocenters. The largest absolute Gasteiger partial charge is 0.489 e. The summed E-state index contributed by atoms with van der Waals surface area (Å²) < 4.78 is 19.3. The van der Waals surface area contributed by atoms with Crippen LogP contribution in [0.2, 0.25) is 0 Å². The third-order valence-electron chi connectivity index (χ3n) is 2.89. The molecule has 1 N–H and O–H groups in total. The van der Waals surface area contributed by atoms with Crippen molar-refractivity contribution in [3.8, 4) is 5.75 Å². The summed E-state index contributed by atoms with van der Waals surface area (Å²) in [6.45, 7) is 3.37. The second-order valence-electron chi connectivity index (χ2n) is 4.43. The van der Waals surface area contributed by atoms with Crippen LogP contribution in [-0.4, -0.2) is 24.2 Å². The zero-order chi connectivity index (χ0) is 12.8. The van der Waals surface area contributed by atoms with Crippen LogP contribution < -0.4 is 10.1 Å². The van der Waals surface area contributed by atoms with E-state index in [4.69, 9.17) is 4.74 Å². The lowest BCUT2D eigenvalue weighted by Gasteiger charge is -2.12. The average Bonchev–Trinajstić information content (AvgIpc) is 3.18. The number of hydrogen-bond acceptors (Lipinski definition) is 3. The highest BCUT2D eigenvalue weighted by Crippen LogP contribution is 2.25.